The Balaban J connectivity index is 1.61. The molecule has 10 heteroatoms. The summed E-state index contributed by atoms with van der Waals surface area (Å²) in [4.78, 5) is 26.4. The van der Waals surface area contributed by atoms with Crippen LogP contribution in [0.15, 0.2) is 48.5 Å². The molecular weight excluding hydrogens is 487 g/mol. The molecule has 9 nitrogen and oxygen atoms in total. The predicted molar refractivity (Wildman–Crippen MR) is 144 cm³/mol. The van der Waals surface area contributed by atoms with E-state index in [1.165, 1.54) is 25.0 Å². The average molecular weight is 520 g/mol. The summed E-state index contributed by atoms with van der Waals surface area (Å²) in [7, 11) is 4.87. The molecule has 198 valence electrons. The van der Waals surface area contributed by atoms with E-state index in [9.17, 15) is 9.18 Å². The number of nitrogens with zero attached hydrogens (tertiary/aromatic N) is 4. The van der Waals surface area contributed by atoms with Crippen LogP contribution in [-0.2, 0) is 7.05 Å². The Bertz CT molecular complexity index is 1520. The SMILES string of the molecule is COc1cccc(F)c1-c1cccc(C(=O)Nc2ccc3c(nc(C)n3C)c2N2CCCC2CN)[n+]1OC. The molecule has 1 aliphatic rings. The van der Waals surface area contributed by atoms with Gasteiger partial charge >= 0.3 is 11.6 Å². The molecule has 1 amide bonds. The number of benzene rings is 2. The van der Waals surface area contributed by atoms with Gasteiger partial charge in [0.1, 0.15) is 35.6 Å². The number of halogens is 1. The van der Waals surface area contributed by atoms with E-state index in [0.29, 0.717) is 23.7 Å². The van der Waals surface area contributed by atoms with E-state index in [1.54, 1.807) is 30.3 Å². The van der Waals surface area contributed by atoms with E-state index in [1.807, 2.05) is 30.7 Å². The molecule has 1 fully saturated rings. The van der Waals surface area contributed by atoms with Crippen LogP contribution in [0, 0.1) is 12.7 Å². The Morgan fingerprint density at radius 2 is 2.00 bits per heavy atom. The standard InChI is InChI=1S/C28H31FN6O3/c1-17-31-26-22(33(17)2)14-13-20(27(26)34-15-7-8-18(34)16-30)32-28(36)23-11-6-10-21(35(23)38-4)25-19(29)9-5-12-24(25)37-3/h5-6,9-14,18H,7-8,15-16,30H2,1-4H3/p+1. The highest BCUT2D eigenvalue weighted by Gasteiger charge is 2.32. The van der Waals surface area contributed by atoms with Crippen LogP contribution in [0.1, 0.15) is 29.2 Å². The van der Waals surface area contributed by atoms with E-state index >= 15 is 0 Å². The molecular formula is C28H32FN6O3+. The summed E-state index contributed by atoms with van der Waals surface area (Å²) >= 11 is 0. The van der Waals surface area contributed by atoms with Crippen molar-refractivity contribution in [1.82, 2.24) is 9.55 Å². The van der Waals surface area contributed by atoms with E-state index in [4.69, 9.17) is 20.3 Å². The van der Waals surface area contributed by atoms with Crippen LogP contribution in [0.2, 0.25) is 0 Å². The van der Waals surface area contributed by atoms with Crippen LogP contribution in [0.4, 0.5) is 15.8 Å². The number of ether oxygens (including phenoxy) is 1. The Morgan fingerprint density at radius 3 is 2.74 bits per heavy atom. The topological polar surface area (TPSA) is 98.5 Å². The smallest absolute Gasteiger partial charge is 0.325 e. The summed E-state index contributed by atoms with van der Waals surface area (Å²) in [6.45, 7) is 3.28. The van der Waals surface area contributed by atoms with Gasteiger partial charge in [-0.05, 0) is 50.1 Å². The molecule has 5 rings (SSSR count). The van der Waals surface area contributed by atoms with Crippen molar-refractivity contribution in [2.24, 2.45) is 12.8 Å². The molecule has 38 heavy (non-hydrogen) atoms. The lowest BCUT2D eigenvalue weighted by Crippen LogP contribution is -2.49. The summed E-state index contributed by atoms with van der Waals surface area (Å²) in [6.07, 6.45) is 1.98. The van der Waals surface area contributed by atoms with Crippen LogP contribution >= 0.6 is 0 Å². The number of anilines is 2. The molecule has 2 aromatic carbocycles. The molecule has 2 aromatic heterocycles. The molecule has 0 saturated carbocycles. The second-order valence-electron chi connectivity index (χ2n) is 9.32. The maximum Gasteiger partial charge on any atom is 0.325 e. The number of carbonyl (C=O) groups excluding carboxylic acids is 1. The number of pyridine rings is 1. The van der Waals surface area contributed by atoms with Gasteiger partial charge in [0.05, 0.1) is 24.0 Å². The van der Waals surface area contributed by atoms with Crippen molar-refractivity contribution in [3.63, 3.8) is 0 Å². The summed E-state index contributed by atoms with van der Waals surface area (Å²) in [5.74, 6) is 0.291. The van der Waals surface area contributed by atoms with Crippen molar-refractivity contribution < 1.29 is 23.5 Å². The van der Waals surface area contributed by atoms with Crippen molar-refractivity contribution >= 4 is 28.3 Å². The molecule has 1 atom stereocenters. The molecule has 0 aliphatic carbocycles. The van der Waals surface area contributed by atoms with Gasteiger partial charge in [-0.15, -0.1) is 0 Å². The molecule has 1 unspecified atom stereocenters. The third kappa shape index (κ3) is 4.20. The number of methoxy groups -OCH3 is 1. The Kier molecular flexibility index (Phi) is 6.90. The van der Waals surface area contributed by atoms with Crippen LogP contribution in [-0.4, -0.2) is 48.8 Å². The zero-order valence-corrected chi connectivity index (χ0v) is 22.0. The van der Waals surface area contributed by atoms with Crippen molar-refractivity contribution in [2.75, 3.05) is 37.5 Å². The molecule has 4 aromatic rings. The van der Waals surface area contributed by atoms with Crippen LogP contribution < -0.4 is 30.3 Å². The minimum absolute atomic E-state index is 0.152. The number of imidazole rings is 1. The Morgan fingerprint density at radius 1 is 1.21 bits per heavy atom. The third-order valence-electron chi connectivity index (χ3n) is 7.25. The lowest BCUT2D eigenvalue weighted by Gasteiger charge is -2.28. The largest absolute Gasteiger partial charge is 0.496 e. The van der Waals surface area contributed by atoms with Gasteiger partial charge in [0.25, 0.3) is 5.69 Å². The normalized spacial score (nSPS) is 15.2. The first-order chi connectivity index (χ1) is 18.4. The Labute approximate surface area is 220 Å². The summed E-state index contributed by atoms with van der Waals surface area (Å²) in [6, 6.07) is 13.5. The first-order valence-electron chi connectivity index (χ1n) is 12.6. The number of hydrogen-bond acceptors (Lipinski definition) is 6. The number of hydrogen-bond donors (Lipinski definition) is 2. The van der Waals surface area contributed by atoms with E-state index < -0.39 is 11.7 Å². The highest BCUT2D eigenvalue weighted by molar-refractivity contribution is 6.08. The monoisotopic (exact) mass is 519 g/mol. The second kappa shape index (κ2) is 10.3. The second-order valence-corrected chi connectivity index (χ2v) is 9.32. The quantitative estimate of drug-likeness (QED) is 0.364. The van der Waals surface area contributed by atoms with E-state index in [0.717, 1.165) is 41.9 Å². The van der Waals surface area contributed by atoms with Gasteiger partial charge < -0.3 is 25.3 Å². The van der Waals surface area contributed by atoms with Crippen molar-refractivity contribution in [3.05, 3.63) is 65.9 Å². The summed E-state index contributed by atoms with van der Waals surface area (Å²) < 4.78 is 23.6. The first kappa shape index (κ1) is 25.5. The molecule has 0 bridgehead atoms. The summed E-state index contributed by atoms with van der Waals surface area (Å²) in [5, 5.41) is 3.07. The number of aromatic nitrogens is 3. The lowest BCUT2D eigenvalue weighted by atomic mass is 10.1. The molecule has 0 spiro atoms. The van der Waals surface area contributed by atoms with E-state index in [2.05, 4.69) is 10.2 Å². The number of nitrogens with one attached hydrogen (secondary N) is 1. The number of fused-ring (bicyclic) bond motifs is 1. The predicted octanol–water partition coefficient (Wildman–Crippen LogP) is 3.22. The van der Waals surface area contributed by atoms with Crippen molar-refractivity contribution in [3.8, 4) is 17.0 Å². The molecule has 3 N–H and O–H groups in total. The number of nitrogens with two attached hydrogens (primary N) is 1. The summed E-state index contributed by atoms with van der Waals surface area (Å²) in [5.41, 5.74) is 10.1. The van der Waals surface area contributed by atoms with Gasteiger partial charge in [0.2, 0.25) is 0 Å². The third-order valence-corrected chi connectivity index (χ3v) is 7.25. The fourth-order valence-electron chi connectivity index (χ4n) is 5.28. The molecule has 1 aliphatic heterocycles. The van der Waals surface area contributed by atoms with Crippen LogP contribution in [0.3, 0.4) is 0 Å². The number of rotatable bonds is 7. The molecule has 0 radical (unpaired) electrons. The molecule has 1 saturated heterocycles. The van der Waals surface area contributed by atoms with Crippen LogP contribution in [0.25, 0.3) is 22.3 Å². The fourth-order valence-corrected chi connectivity index (χ4v) is 5.28. The van der Waals surface area contributed by atoms with Crippen LogP contribution in [0.5, 0.6) is 5.75 Å². The van der Waals surface area contributed by atoms with Crippen molar-refractivity contribution in [2.45, 2.75) is 25.8 Å². The minimum atomic E-state index is -0.493. The van der Waals surface area contributed by atoms with Gasteiger partial charge in [-0.1, -0.05) is 6.07 Å². The van der Waals surface area contributed by atoms with Gasteiger partial charge in [-0.2, -0.15) is 0 Å². The lowest BCUT2D eigenvalue weighted by molar-refractivity contribution is -0.877. The molecule has 3 heterocycles. The first-order valence-corrected chi connectivity index (χ1v) is 12.6. The van der Waals surface area contributed by atoms with Gasteiger partial charge in [-0.25, -0.2) is 9.37 Å². The zero-order valence-electron chi connectivity index (χ0n) is 22.0. The van der Waals surface area contributed by atoms with E-state index in [-0.39, 0.29) is 17.3 Å². The average Bonchev–Trinajstić information content (AvgIpc) is 3.51. The van der Waals surface area contributed by atoms with Crippen molar-refractivity contribution in [1.29, 1.82) is 0 Å². The minimum Gasteiger partial charge on any atom is -0.496 e. The number of aryl methyl sites for hydroxylation is 2. The van der Waals surface area contributed by atoms with Gasteiger partial charge in [0.15, 0.2) is 0 Å². The van der Waals surface area contributed by atoms with Gasteiger partial charge in [-0.3, -0.25) is 9.63 Å². The Hall–Kier alpha value is -4.18. The van der Waals surface area contributed by atoms with Gasteiger partial charge in [0, 0.05) is 43.0 Å². The number of carbonyl (C=O) groups is 1. The maximum atomic E-state index is 14.9. The number of amides is 1. The highest BCUT2D eigenvalue weighted by Crippen LogP contribution is 2.38. The zero-order chi connectivity index (χ0) is 27.0. The fraction of sp³-hybridized carbons (Fsp3) is 0.321. The highest BCUT2D eigenvalue weighted by atomic mass is 19.1. The maximum absolute atomic E-state index is 14.9.